The minimum absolute atomic E-state index is 0.00121. The summed E-state index contributed by atoms with van der Waals surface area (Å²) in [6.07, 6.45) is 6.38. The smallest absolute Gasteiger partial charge is 0.334 e. The SMILES string of the molecule is C=C1C(=O)O[C@@]2(C)CC[C@H]1C[C@H]1O[C@]1(C)C/C=C\[C@](C)(OO)CC[C@@H]2O. The lowest BCUT2D eigenvalue weighted by atomic mass is 9.82. The zero-order valence-electron chi connectivity index (χ0n) is 15.9. The minimum Gasteiger partial charge on any atom is -0.453 e. The van der Waals surface area contributed by atoms with E-state index in [1.54, 1.807) is 13.8 Å². The van der Waals surface area contributed by atoms with Crippen LogP contribution in [0.1, 0.15) is 59.3 Å². The molecule has 0 unspecified atom stereocenters. The molecule has 0 amide bonds. The van der Waals surface area contributed by atoms with Gasteiger partial charge in [-0.3, -0.25) is 5.26 Å². The van der Waals surface area contributed by atoms with Gasteiger partial charge in [0.25, 0.3) is 0 Å². The first-order valence-corrected chi connectivity index (χ1v) is 9.39. The molecule has 0 radical (unpaired) electrons. The average Bonchev–Trinajstić information content (AvgIpc) is 3.25. The first kappa shape index (κ1) is 19.5. The molecular weight excluding hydrogens is 336 g/mol. The molecule has 0 aromatic rings. The number of esters is 1. The molecule has 146 valence electrons. The van der Waals surface area contributed by atoms with Crippen molar-refractivity contribution >= 4 is 5.97 Å². The maximum Gasteiger partial charge on any atom is 0.334 e. The van der Waals surface area contributed by atoms with Crippen molar-refractivity contribution < 1.29 is 29.5 Å². The number of rotatable bonds is 1. The summed E-state index contributed by atoms with van der Waals surface area (Å²) in [5.41, 5.74) is -1.70. The molecule has 1 aliphatic carbocycles. The first-order chi connectivity index (χ1) is 12.1. The fraction of sp³-hybridized carbons (Fsp3) is 0.750. The lowest BCUT2D eigenvalue weighted by molar-refractivity contribution is -0.305. The molecule has 0 aromatic heterocycles. The third-order valence-corrected chi connectivity index (χ3v) is 6.43. The predicted octanol–water partition coefficient (Wildman–Crippen LogP) is 3.15. The van der Waals surface area contributed by atoms with E-state index in [0.29, 0.717) is 31.3 Å². The van der Waals surface area contributed by atoms with Crippen LogP contribution in [0.2, 0.25) is 0 Å². The van der Waals surface area contributed by atoms with Gasteiger partial charge < -0.3 is 14.6 Å². The van der Waals surface area contributed by atoms with Gasteiger partial charge in [0, 0.05) is 5.57 Å². The van der Waals surface area contributed by atoms with Crippen LogP contribution in [-0.2, 0) is 19.2 Å². The van der Waals surface area contributed by atoms with E-state index in [9.17, 15) is 15.2 Å². The maximum absolute atomic E-state index is 12.5. The highest BCUT2D eigenvalue weighted by molar-refractivity contribution is 5.89. The summed E-state index contributed by atoms with van der Waals surface area (Å²) < 4.78 is 11.6. The van der Waals surface area contributed by atoms with Gasteiger partial charge in [-0.15, -0.1) is 0 Å². The molecule has 0 aromatic carbocycles. The van der Waals surface area contributed by atoms with E-state index in [-0.39, 0.29) is 17.6 Å². The first-order valence-electron chi connectivity index (χ1n) is 9.39. The lowest BCUT2D eigenvalue weighted by Gasteiger charge is -2.34. The Labute approximate surface area is 154 Å². The number of hydrogen-bond donors (Lipinski definition) is 2. The van der Waals surface area contributed by atoms with Crippen molar-refractivity contribution in [3.05, 3.63) is 24.3 Å². The van der Waals surface area contributed by atoms with E-state index in [0.717, 1.165) is 12.8 Å². The van der Waals surface area contributed by atoms with E-state index >= 15 is 0 Å². The molecule has 6 heteroatoms. The molecule has 2 saturated heterocycles. The molecule has 3 rings (SSSR count). The van der Waals surface area contributed by atoms with E-state index in [4.69, 9.17) is 9.47 Å². The molecule has 6 nitrogen and oxygen atoms in total. The second-order valence-electron chi connectivity index (χ2n) is 8.68. The van der Waals surface area contributed by atoms with Crippen LogP contribution in [-0.4, -0.2) is 45.3 Å². The number of carbonyl (C=O) groups excluding carboxylic acids is 1. The second-order valence-corrected chi connectivity index (χ2v) is 8.68. The van der Waals surface area contributed by atoms with Crippen molar-refractivity contribution in [3.8, 4) is 0 Å². The van der Waals surface area contributed by atoms with Gasteiger partial charge in [0.05, 0.1) is 17.8 Å². The van der Waals surface area contributed by atoms with E-state index in [2.05, 4.69) is 18.4 Å². The molecule has 2 fully saturated rings. The molecule has 0 saturated carbocycles. The van der Waals surface area contributed by atoms with Crippen LogP contribution in [0.3, 0.4) is 0 Å². The zero-order chi connectivity index (χ0) is 19.2. The molecule has 2 aliphatic heterocycles. The van der Waals surface area contributed by atoms with Crippen molar-refractivity contribution in [2.75, 3.05) is 0 Å². The third-order valence-electron chi connectivity index (χ3n) is 6.43. The third kappa shape index (κ3) is 3.74. The van der Waals surface area contributed by atoms with Crippen molar-refractivity contribution in [2.24, 2.45) is 5.92 Å². The molecule has 26 heavy (non-hydrogen) atoms. The monoisotopic (exact) mass is 366 g/mol. The second kappa shape index (κ2) is 6.75. The normalized spacial score (nSPS) is 48.1. The van der Waals surface area contributed by atoms with Crippen molar-refractivity contribution in [1.29, 1.82) is 0 Å². The Morgan fingerprint density at radius 1 is 1.23 bits per heavy atom. The highest BCUT2D eigenvalue weighted by atomic mass is 17.1. The number of ether oxygens (including phenoxy) is 2. The van der Waals surface area contributed by atoms with E-state index in [1.807, 2.05) is 12.2 Å². The van der Waals surface area contributed by atoms with Crippen LogP contribution in [0.15, 0.2) is 24.3 Å². The summed E-state index contributed by atoms with van der Waals surface area (Å²) >= 11 is 0. The summed E-state index contributed by atoms with van der Waals surface area (Å²) in [5, 5.41) is 20.1. The van der Waals surface area contributed by atoms with Crippen molar-refractivity contribution in [1.82, 2.24) is 0 Å². The quantitative estimate of drug-likeness (QED) is 0.185. The number of aliphatic hydroxyl groups excluding tert-OH is 1. The van der Waals surface area contributed by atoms with Crippen molar-refractivity contribution in [3.63, 3.8) is 0 Å². The van der Waals surface area contributed by atoms with Gasteiger partial charge in [-0.25, -0.2) is 9.68 Å². The average molecular weight is 366 g/mol. The van der Waals surface area contributed by atoms with E-state index in [1.165, 1.54) is 0 Å². The van der Waals surface area contributed by atoms with Gasteiger partial charge in [-0.2, -0.15) is 0 Å². The van der Waals surface area contributed by atoms with Crippen LogP contribution in [0.4, 0.5) is 0 Å². The summed E-state index contributed by atoms with van der Waals surface area (Å²) in [4.78, 5) is 17.2. The predicted molar refractivity (Wildman–Crippen MR) is 95.4 cm³/mol. The Morgan fingerprint density at radius 3 is 2.65 bits per heavy atom. The Hall–Kier alpha value is -1.21. The van der Waals surface area contributed by atoms with Gasteiger partial charge in [-0.05, 0) is 65.2 Å². The summed E-state index contributed by atoms with van der Waals surface area (Å²) in [7, 11) is 0. The molecule has 2 bridgehead atoms. The van der Waals surface area contributed by atoms with Gasteiger partial charge in [0.2, 0.25) is 0 Å². The summed E-state index contributed by atoms with van der Waals surface area (Å²) in [6.45, 7) is 9.53. The molecule has 6 atom stereocenters. The Balaban J connectivity index is 1.89. The summed E-state index contributed by atoms with van der Waals surface area (Å²) in [6, 6.07) is 0. The molecule has 3 aliphatic rings. The Morgan fingerprint density at radius 2 is 1.96 bits per heavy atom. The fourth-order valence-electron chi connectivity index (χ4n) is 4.08. The highest BCUT2D eigenvalue weighted by Crippen LogP contribution is 2.47. The largest absolute Gasteiger partial charge is 0.453 e. The van der Waals surface area contributed by atoms with Crippen LogP contribution in [0.25, 0.3) is 0 Å². The van der Waals surface area contributed by atoms with E-state index < -0.39 is 23.3 Å². The van der Waals surface area contributed by atoms with Gasteiger partial charge in [0.1, 0.15) is 11.2 Å². The maximum atomic E-state index is 12.5. The lowest BCUT2D eigenvalue weighted by Crippen LogP contribution is -2.44. The molecular formula is C20H30O6. The minimum atomic E-state index is -0.979. The van der Waals surface area contributed by atoms with Crippen LogP contribution >= 0.6 is 0 Å². The van der Waals surface area contributed by atoms with Gasteiger partial charge in [-0.1, -0.05) is 18.7 Å². The number of aliphatic hydroxyl groups is 1. The number of carbonyl (C=O) groups is 1. The molecule has 0 spiro atoms. The highest BCUT2D eigenvalue weighted by Gasteiger charge is 2.53. The van der Waals surface area contributed by atoms with Gasteiger partial charge >= 0.3 is 5.97 Å². The fourth-order valence-corrected chi connectivity index (χ4v) is 4.08. The van der Waals surface area contributed by atoms with Crippen LogP contribution in [0.5, 0.6) is 0 Å². The zero-order valence-corrected chi connectivity index (χ0v) is 15.9. The Kier molecular flexibility index (Phi) is 5.07. The van der Waals surface area contributed by atoms with Crippen molar-refractivity contribution in [2.45, 2.75) is 88.3 Å². The Bertz CT molecular complexity index is 615. The number of fused-ring (bicyclic) bond motifs is 4. The number of epoxide rings is 1. The van der Waals surface area contributed by atoms with Crippen LogP contribution in [0, 0.1) is 5.92 Å². The van der Waals surface area contributed by atoms with Gasteiger partial charge in [0.15, 0.2) is 0 Å². The standard InChI is InChI=1S/C20H30O6/c1-13-14-6-11-19(3,25-17(13)22)15(21)7-10-18(2,26-23)8-5-9-20(4)16(12-14)24-20/h5,8,14-16,21,23H,1,6-7,9-12H2,2-4H3/b8-5-/t14-,15-,16+,18-,19-,20+/m0/s1. The molecule has 2 N–H and O–H groups in total. The number of hydrogen-bond acceptors (Lipinski definition) is 6. The topological polar surface area (TPSA) is 88.5 Å². The summed E-state index contributed by atoms with van der Waals surface area (Å²) in [5.74, 6) is -0.438. The van der Waals surface area contributed by atoms with Crippen LogP contribution < -0.4 is 0 Å². The molecule has 2 heterocycles.